The van der Waals surface area contributed by atoms with Gasteiger partial charge in [0.15, 0.2) is 0 Å². The van der Waals surface area contributed by atoms with Crippen molar-refractivity contribution in [1.82, 2.24) is 0 Å². The Morgan fingerprint density at radius 3 is 2.21 bits per heavy atom. The maximum absolute atomic E-state index is 13.7. The van der Waals surface area contributed by atoms with E-state index in [9.17, 15) is 41.0 Å². The van der Waals surface area contributed by atoms with Crippen molar-refractivity contribution in [3.05, 3.63) is 75.9 Å². The van der Waals surface area contributed by atoms with Crippen molar-refractivity contribution in [2.75, 3.05) is 11.5 Å². The number of benzene rings is 2. The number of anilines is 1. The number of phenolic OH excluding ortho intramolecular Hbond substituents is 1. The number of allylic oxidation sites excluding steroid dienone is 2. The number of imide groups is 1. The Morgan fingerprint density at radius 1 is 1.00 bits per heavy atom. The monoisotopic (exact) mass is 607 g/mol. The van der Waals surface area contributed by atoms with Crippen molar-refractivity contribution in [3.8, 4) is 5.75 Å². The minimum atomic E-state index is -5.12. The van der Waals surface area contributed by atoms with E-state index in [4.69, 9.17) is 4.74 Å². The summed E-state index contributed by atoms with van der Waals surface area (Å²) in [4.78, 5) is 27.8. The van der Waals surface area contributed by atoms with Gasteiger partial charge in [-0.05, 0) is 61.9 Å². The van der Waals surface area contributed by atoms with Gasteiger partial charge in [0, 0.05) is 11.5 Å². The summed E-state index contributed by atoms with van der Waals surface area (Å²) >= 11 is 0. The average molecular weight is 608 g/mol. The van der Waals surface area contributed by atoms with Crippen LogP contribution in [-0.4, -0.2) is 29.6 Å². The van der Waals surface area contributed by atoms with Crippen LogP contribution < -0.4 is 4.90 Å². The molecule has 0 saturated carbocycles. The first-order valence-corrected chi connectivity index (χ1v) is 14.0. The summed E-state index contributed by atoms with van der Waals surface area (Å²) in [5.74, 6) is -3.86. The van der Waals surface area contributed by atoms with Crippen LogP contribution in [0.15, 0.2) is 59.2 Å². The number of halogens is 6. The molecule has 0 spiro atoms. The molecule has 0 aromatic heterocycles. The number of phenols is 1. The summed E-state index contributed by atoms with van der Waals surface area (Å²) in [7, 11) is 0. The zero-order valence-corrected chi connectivity index (χ0v) is 23.7. The third kappa shape index (κ3) is 5.83. The van der Waals surface area contributed by atoms with Gasteiger partial charge in [0.25, 0.3) is 0 Å². The van der Waals surface area contributed by atoms with E-state index in [1.807, 2.05) is 32.9 Å². The quantitative estimate of drug-likeness (QED) is 0.207. The number of carbonyl (C=O) groups is 2. The maximum atomic E-state index is 13.7. The van der Waals surface area contributed by atoms with E-state index in [2.05, 4.69) is 0 Å². The standard InChI is InChI=1S/C32H31F6NO4/c1-16(2)22-14-23-28(24-15-43-26(27(22)24)9-8-17(3)10-18-6-4-5-7-25(18)40)30(42)39(29(23)41)21-12-19(31(33,34)35)11-20(13-21)32(36,37)38/h4-7,10-13,16,23-24,26,28,40H,8-9,14-15H2,1-3H3/b17-10+/t23-,24+,26-,28-/m1/s1. The second-order valence-corrected chi connectivity index (χ2v) is 11.8. The summed E-state index contributed by atoms with van der Waals surface area (Å²) < 4.78 is 87.4. The van der Waals surface area contributed by atoms with E-state index in [1.165, 1.54) is 0 Å². The normalized spacial score (nSPS) is 24.7. The number of nitrogens with zero attached hydrogens (tertiary/aromatic N) is 1. The van der Waals surface area contributed by atoms with Crippen molar-refractivity contribution >= 4 is 23.6 Å². The summed E-state index contributed by atoms with van der Waals surface area (Å²) in [5.41, 5.74) is -0.436. The topological polar surface area (TPSA) is 66.8 Å². The zero-order chi connectivity index (χ0) is 31.4. The highest BCUT2D eigenvalue weighted by Crippen LogP contribution is 2.52. The molecule has 1 aliphatic carbocycles. The van der Waals surface area contributed by atoms with Crippen LogP contribution in [0.25, 0.3) is 6.08 Å². The van der Waals surface area contributed by atoms with Crippen molar-refractivity contribution in [2.24, 2.45) is 23.7 Å². The number of amides is 2. The van der Waals surface area contributed by atoms with Crippen molar-refractivity contribution in [3.63, 3.8) is 0 Å². The molecule has 2 aromatic carbocycles. The molecular weight excluding hydrogens is 576 g/mol. The molecule has 0 bridgehead atoms. The van der Waals surface area contributed by atoms with Gasteiger partial charge in [-0.1, -0.05) is 49.3 Å². The number of fused-ring (bicyclic) bond motifs is 3. The average Bonchev–Trinajstić information content (AvgIpc) is 3.45. The molecule has 2 aromatic rings. The van der Waals surface area contributed by atoms with E-state index >= 15 is 0 Å². The smallest absolute Gasteiger partial charge is 0.416 e. The number of rotatable bonds is 6. The Morgan fingerprint density at radius 2 is 1.63 bits per heavy atom. The van der Waals surface area contributed by atoms with Gasteiger partial charge in [0.1, 0.15) is 5.75 Å². The van der Waals surface area contributed by atoms with Crippen molar-refractivity contribution in [1.29, 1.82) is 0 Å². The number of alkyl halides is 6. The van der Waals surface area contributed by atoms with E-state index in [0.717, 1.165) is 16.7 Å². The molecule has 2 fully saturated rings. The summed E-state index contributed by atoms with van der Waals surface area (Å²) in [6, 6.07) is 7.74. The lowest BCUT2D eigenvalue weighted by atomic mass is 9.67. The SMILES string of the molecule is C/C(=C\c1ccccc1O)CC[C@H]1OC[C@H]2C1=C(C(C)C)C[C@H]1C(=O)N(c3cc(C(F)(F)F)cc(C(F)(F)F)c3)C(=O)[C@H]12. The molecule has 2 aliphatic heterocycles. The van der Waals surface area contributed by atoms with Gasteiger partial charge in [0.05, 0.1) is 41.4 Å². The number of para-hydroxylation sites is 1. The van der Waals surface area contributed by atoms with Gasteiger partial charge >= 0.3 is 12.4 Å². The highest BCUT2D eigenvalue weighted by molar-refractivity contribution is 6.22. The molecule has 43 heavy (non-hydrogen) atoms. The minimum Gasteiger partial charge on any atom is -0.507 e. The van der Waals surface area contributed by atoms with Crippen LogP contribution >= 0.6 is 0 Å². The third-order valence-electron chi connectivity index (χ3n) is 8.61. The Bertz CT molecular complexity index is 1470. The fourth-order valence-electron chi connectivity index (χ4n) is 6.59. The number of ether oxygens (including phenoxy) is 1. The first-order valence-electron chi connectivity index (χ1n) is 14.0. The second kappa shape index (κ2) is 11.2. The Hall–Kier alpha value is -3.60. The van der Waals surface area contributed by atoms with Crippen LogP contribution in [-0.2, 0) is 26.7 Å². The molecule has 0 radical (unpaired) electrons. The molecule has 5 nitrogen and oxygen atoms in total. The first kappa shape index (κ1) is 30.8. The predicted octanol–water partition coefficient (Wildman–Crippen LogP) is 7.79. The van der Waals surface area contributed by atoms with E-state index < -0.39 is 58.7 Å². The molecule has 3 aliphatic rings. The molecule has 2 saturated heterocycles. The van der Waals surface area contributed by atoms with Gasteiger partial charge in [-0.2, -0.15) is 26.3 Å². The van der Waals surface area contributed by atoms with Gasteiger partial charge in [-0.25, -0.2) is 4.90 Å². The molecule has 0 unspecified atom stereocenters. The molecule has 5 rings (SSSR count). The molecular formula is C32H31F6NO4. The number of aromatic hydroxyl groups is 1. The van der Waals surface area contributed by atoms with Gasteiger partial charge < -0.3 is 9.84 Å². The number of hydrogen-bond donors (Lipinski definition) is 1. The van der Waals surface area contributed by atoms with E-state index in [0.29, 0.717) is 35.4 Å². The highest BCUT2D eigenvalue weighted by atomic mass is 19.4. The zero-order valence-electron chi connectivity index (χ0n) is 23.7. The molecule has 2 amide bonds. The lowest BCUT2D eigenvalue weighted by Crippen LogP contribution is -2.35. The van der Waals surface area contributed by atoms with Crippen molar-refractivity contribution in [2.45, 2.75) is 58.5 Å². The minimum absolute atomic E-state index is 0.0247. The molecule has 1 N–H and O–H groups in total. The predicted molar refractivity (Wildman–Crippen MR) is 147 cm³/mol. The summed E-state index contributed by atoms with van der Waals surface area (Å²) in [6.07, 6.45) is -7.38. The Labute approximate surface area is 244 Å². The van der Waals surface area contributed by atoms with Crippen LogP contribution in [0.4, 0.5) is 32.0 Å². The number of hydrogen-bond acceptors (Lipinski definition) is 4. The van der Waals surface area contributed by atoms with Gasteiger partial charge in [-0.3, -0.25) is 9.59 Å². The molecule has 11 heteroatoms. The summed E-state index contributed by atoms with van der Waals surface area (Å²) in [6.45, 7) is 5.93. The fraction of sp³-hybridized carbons (Fsp3) is 0.438. The van der Waals surface area contributed by atoms with Crippen molar-refractivity contribution < 1.29 is 45.8 Å². The first-order chi connectivity index (χ1) is 20.1. The highest BCUT2D eigenvalue weighted by Gasteiger charge is 2.58. The Kier molecular flexibility index (Phi) is 8.00. The van der Waals surface area contributed by atoms with Crippen LogP contribution in [0, 0.1) is 23.7 Å². The van der Waals surface area contributed by atoms with Crippen LogP contribution in [0.1, 0.15) is 56.7 Å². The Balaban J connectivity index is 1.45. The lowest BCUT2D eigenvalue weighted by molar-refractivity contribution is -0.143. The molecule has 4 atom stereocenters. The van der Waals surface area contributed by atoms with Crippen LogP contribution in [0.2, 0.25) is 0 Å². The maximum Gasteiger partial charge on any atom is 0.416 e. The molecule has 230 valence electrons. The molecule has 2 heterocycles. The second-order valence-electron chi connectivity index (χ2n) is 11.8. The van der Waals surface area contributed by atoms with Gasteiger partial charge in [0.2, 0.25) is 11.8 Å². The summed E-state index contributed by atoms with van der Waals surface area (Å²) in [5, 5.41) is 10.1. The van der Waals surface area contributed by atoms with E-state index in [1.54, 1.807) is 18.2 Å². The van der Waals surface area contributed by atoms with Crippen LogP contribution in [0.3, 0.4) is 0 Å². The van der Waals surface area contributed by atoms with E-state index in [-0.39, 0.29) is 36.9 Å². The van der Waals surface area contributed by atoms with Gasteiger partial charge in [-0.15, -0.1) is 0 Å². The lowest BCUT2D eigenvalue weighted by Gasteiger charge is -2.33. The largest absolute Gasteiger partial charge is 0.507 e. The van der Waals surface area contributed by atoms with Crippen LogP contribution in [0.5, 0.6) is 5.75 Å². The number of carbonyl (C=O) groups excluding carboxylic acids is 2. The third-order valence-corrected chi connectivity index (χ3v) is 8.61. The fourth-order valence-corrected chi connectivity index (χ4v) is 6.59.